The number of ether oxygens (including phenoxy) is 1. The van der Waals surface area contributed by atoms with Gasteiger partial charge in [-0.25, -0.2) is 10.2 Å². The van der Waals surface area contributed by atoms with Crippen molar-refractivity contribution in [2.24, 2.45) is 5.92 Å². The molecule has 1 aromatic carbocycles. The van der Waals surface area contributed by atoms with E-state index in [4.69, 9.17) is 4.74 Å². The van der Waals surface area contributed by atoms with Crippen LogP contribution in [-0.4, -0.2) is 49.1 Å². The van der Waals surface area contributed by atoms with Crippen molar-refractivity contribution in [1.29, 1.82) is 0 Å². The van der Waals surface area contributed by atoms with E-state index < -0.39 is 11.9 Å². The third kappa shape index (κ3) is 7.61. The lowest BCUT2D eigenvalue weighted by atomic mass is 10.0. The van der Waals surface area contributed by atoms with Crippen LogP contribution in [0.3, 0.4) is 0 Å². The van der Waals surface area contributed by atoms with E-state index in [9.17, 15) is 9.59 Å². The molecule has 3 amide bonds. The van der Waals surface area contributed by atoms with Gasteiger partial charge in [-0.05, 0) is 43.0 Å². The largest absolute Gasteiger partial charge is 0.484 e. The maximum absolute atomic E-state index is 11.9. The molecule has 0 atom stereocenters. The third-order valence-corrected chi connectivity index (χ3v) is 4.57. The molecule has 1 aliphatic heterocycles. The smallest absolute Gasteiger partial charge is 0.333 e. The van der Waals surface area contributed by atoms with Crippen LogP contribution in [0.2, 0.25) is 0 Å². The lowest BCUT2D eigenvalue weighted by molar-refractivity contribution is -0.123. The number of carbonyl (C=O) groups is 2. The van der Waals surface area contributed by atoms with E-state index in [2.05, 4.69) is 50.8 Å². The normalized spacial score (nSPS) is 15.5. The van der Waals surface area contributed by atoms with Crippen molar-refractivity contribution in [3.8, 4) is 5.75 Å². The van der Waals surface area contributed by atoms with E-state index >= 15 is 0 Å². The Hall–Kier alpha value is -1.80. The molecule has 2 rings (SSSR count). The van der Waals surface area contributed by atoms with Crippen LogP contribution < -0.4 is 20.9 Å². The highest BCUT2D eigenvalue weighted by atomic mass is 79.9. The lowest BCUT2D eigenvalue weighted by Gasteiger charge is -2.33. The first-order valence-corrected chi connectivity index (χ1v) is 9.67. The van der Waals surface area contributed by atoms with Crippen LogP contribution in [-0.2, 0) is 4.79 Å². The number of hydrazine groups is 1. The van der Waals surface area contributed by atoms with Gasteiger partial charge in [-0.2, -0.15) is 0 Å². The second kappa shape index (κ2) is 10.4. The minimum Gasteiger partial charge on any atom is -0.484 e. The van der Waals surface area contributed by atoms with E-state index in [-0.39, 0.29) is 12.6 Å². The van der Waals surface area contributed by atoms with Crippen molar-refractivity contribution in [1.82, 2.24) is 21.1 Å². The summed E-state index contributed by atoms with van der Waals surface area (Å²) in [6, 6.07) is 6.89. The molecule has 8 heteroatoms. The van der Waals surface area contributed by atoms with Gasteiger partial charge >= 0.3 is 6.03 Å². The van der Waals surface area contributed by atoms with Crippen LogP contribution in [0.1, 0.15) is 26.7 Å². The summed E-state index contributed by atoms with van der Waals surface area (Å²) in [4.78, 5) is 26.0. The van der Waals surface area contributed by atoms with Gasteiger partial charge in [0, 0.05) is 30.1 Å². The Bertz CT molecular complexity index is 587. The molecular formula is C18H27BrN4O3. The van der Waals surface area contributed by atoms with Gasteiger partial charge < -0.3 is 15.0 Å². The molecule has 0 unspecified atom stereocenters. The number of nitrogens with one attached hydrogen (secondary N) is 3. The minimum atomic E-state index is -0.421. The summed E-state index contributed by atoms with van der Waals surface area (Å²) in [7, 11) is 0. The molecule has 1 saturated heterocycles. The minimum absolute atomic E-state index is 0.134. The Morgan fingerprint density at radius 2 is 1.85 bits per heavy atom. The number of halogens is 1. The van der Waals surface area contributed by atoms with Crippen molar-refractivity contribution in [3.63, 3.8) is 0 Å². The number of hydrogen-bond acceptors (Lipinski definition) is 4. The summed E-state index contributed by atoms with van der Waals surface area (Å²) >= 11 is 3.33. The van der Waals surface area contributed by atoms with E-state index in [1.54, 1.807) is 12.1 Å². The van der Waals surface area contributed by atoms with Crippen LogP contribution in [0.15, 0.2) is 28.7 Å². The Kier molecular flexibility index (Phi) is 8.18. The number of amides is 3. The first kappa shape index (κ1) is 20.5. The van der Waals surface area contributed by atoms with E-state index in [0.717, 1.165) is 36.9 Å². The maximum Gasteiger partial charge on any atom is 0.333 e. The van der Waals surface area contributed by atoms with Crippen LogP contribution in [0.4, 0.5) is 4.79 Å². The SMILES string of the molecule is CC(C)CN1CCC(NC(=O)NNC(=O)COc2ccc(Br)cc2)CC1. The molecule has 0 spiro atoms. The number of benzene rings is 1. The van der Waals surface area contributed by atoms with Crippen LogP contribution >= 0.6 is 15.9 Å². The molecule has 7 nitrogen and oxygen atoms in total. The molecule has 1 aromatic rings. The van der Waals surface area contributed by atoms with Gasteiger partial charge in [0.15, 0.2) is 6.61 Å². The van der Waals surface area contributed by atoms with Crippen LogP contribution in [0.5, 0.6) is 5.75 Å². The zero-order chi connectivity index (χ0) is 18.9. The van der Waals surface area contributed by atoms with Crippen molar-refractivity contribution in [3.05, 3.63) is 28.7 Å². The van der Waals surface area contributed by atoms with Gasteiger partial charge in [-0.15, -0.1) is 0 Å². The molecule has 0 aliphatic carbocycles. The van der Waals surface area contributed by atoms with Crippen LogP contribution in [0.25, 0.3) is 0 Å². The fourth-order valence-corrected chi connectivity index (χ4v) is 3.10. The van der Waals surface area contributed by atoms with Gasteiger partial charge in [0.25, 0.3) is 5.91 Å². The van der Waals surface area contributed by atoms with Gasteiger partial charge in [0.2, 0.25) is 0 Å². The lowest BCUT2D eigenvalue weighted by Crippen LogP contribution is -2.53. The number of nitrogens with zero attached hydrogens (tertiary/aromatic N) is 1. The standard InChI is InChI=1S/C18H27BrN4O3/c1-13(2)11-23-9-7-15(8-10-23)20-18(25)22-21-17(24)12-26-16-5-3-14(19)4-6-16/h3-6,13,15H,7-12H2,1-2H3,(H,21,24)(H2,20,22,25). The van der Waals surface area contributed by atoms with E-state index in [1.165, 1.54) is 0 Å². The third-order valence-electron chi connectivity index (χ3n) is 4.05. The molecule has 1 fully saturated rings. The second-order valence-electron chi connectivity index (χ2n) is 6.86. The molecular weight excluding hydrogens is 400 g/mol. The second-order valence-corrected chi connectivity index (χ2v) is 7.77. The molecule has 0 radical (unpaired) electrons. The molecule has 3 N–H and O–H groups in total. The number of piperidine rings is 1. The highest BCUT2D eigenvalue weighted by Crippen LogP contribution is 2.15. The van der Waals surface area contributed by atoms with Gasteiger partial charge in [-0.3, -0.25) is 10.2 Å². The van der Waals surface area contributed by atoms with Gasteiger partial charge in [0.05, 0.1) is 0 Å². The summed E-state index contributed by atoms with van der Waals surface area (Å²) in [5.74, 6) is 0.813. The first-order chi connectivity index (χ1) is 12.4. The molecule has 144 valence electrons. The number of likely N-dealkylation sites (tertiary alicyclic amines) is 1. The Morgan fingerprint density at radius 1 is 1.19 bits per heavy atom. The molecule has 1 aliphatic rings. The number of carbonyl (C=O) groups excluding carboxylic acids is 2. The summed E-state index contributed by atoms with van der Waals surface area (Å²) in [6.07, 6.45) is 1.83. The Morgan fingerprint density at radius 3 is 2.46 bits per heavy atom. The van der Waals surface area contributed by atoms with E-state index in [0.29, 0.717) is 11.7 Å². The monoisotopic (exact) mass is 426 g/mol. The van der Waals surface area contributed by atoms with Gasteiger partial charge in [-0.1, -0.05) is 29.8 Å². The zero-order valence-corrected chi connectivity index (χ0v) is 16.8. The average Bonchev–Trinajstić information content (AvgIpc) is 2.61. The predicted molar refractivity (Wildman–Crippen MR) is 104 cm³/mol. The fraction of sp³-hybridized carbons (Fsp3) is 0.556. The van der Waals surface area contributed by atoms with Crippen molar-refractivity contribution < 1.29 is 14.3 Å². The van der Waals surface area contributed by atoms with Crippen molar-refractivity contribution in [2.45, 2.75) is 32.7 Å². The number of urea groups is 1. The predicted octanol–water partition coefficient (Wildman–Crippen LogP) is 2.28. The fourth-order valence-electron chi connectivity index (χ4n) is 2.84. The maximum atomic E-state index is 11.9. The molecule has 1 heterocycles. The summed E-state index contributed by atoms with van der Waals surface area (Å²) in [5, 5.41) is 2.89. The molecule has 26 heavy (non-hydrogen) atoms. The topological polar surface area (TPSA) is 82.7 Å². The zero-order valence-electron chi connectivity index (χ0n) is 15.3. The van der Waals surface area contributed by atoms with Crippen molar-refractivity contribution in [2.75, 3.05) is 26.2 Å². The quantitative estimate of drug-likeness (QED) is 0.609. The van der Waals surface area contributed by atoms with Gasteiger partial charge in [0.1, 0.15) is 5.75 Å². The van der Waals surface area contributed by atoms with Crippen LogP contribution in [0, 0.1) is 5.92 Å². The van der Waals surface area contributed by atoms with E-state index in [1.807, 2.05) is 12.1 Å². The Balaban J connectivity index is 1.59. The number of hydrogen-bond donors (Lipinski definition) is 3. The Labute approximate surface area is 162 Å². The summed E-state index contributed by atoms with van der Waals surface area (Å²) < 4.78 is 6.27. The highest BCUT2D eigenvalue weighted by Gasteiger charge is 2.21. The summed E-state index contributed by atoms with van der Waals surface area (Å²) in [5.41, 5.74) is 4.71. The molecule has 0 saturated carbocycles. The summed E-state index contributed by atoms with van der Waals surface area (Å²) in [6.45, 7) is 7.30. The average molecular weight is 427 g/mol. The number of rotatable bonds is 6. The van der Waals surface area contributed by atoms with Crippen molar-refractivity contribution >= 4 is 27.9 Å². The highest BCUT2D eigenvalue weighted by molar-refractivity contribution is 9.10. The first-order valence-electron chi connectivity index (χ1n) is 8.88. The molecule has 0 aromatic heterocycles. The molecule has 0 bridgehead atoms.